The summed E-state index contributed by atoms with van der Waals surface area (Å²) < 4.78 is 0. The second-order valence-corrected chi connectivity index (χ2v) is 2.76. The number of nitrogens with zero attached hydrogens (tertiary/aromatic N) is 3. The average Bonchev–Trinajstić information content (AvgIpc) is 2.33. The standard InChI is InChI=1S/C5H9N5/c6-5(2-1-3-5)4-7-9-10-8-4/h1-3,6H2,(H,7,8,9,10). The van der Waals surface area contributed by atoms with Crippen molar-refractivity contribution in [1.29, 1.82) is 0 Å². The first-order valence-electron chi connectivity index (χ1n) is 3.34. The van der Waals surface area contributed by atoms with Crippen LogP contribution in [0.25, 0.3) is 0 Å². The summed E-state index contributed by atoms with van der Waals surface area (Å²) in [6.07, 6.45) is 3.16. The molecule has 0 unspecified atom stereocenters. The highest BCUT2D eigenvalue weighted by Gasteiger charge is 2.37. The first kappa shape index (κ1) is 5.79. The fourth-order valence-electron chi connectivity index (χ4n) is 1.16. The molecule has 0 atom stereocenters. The van der Waals surface area contributed by atoms with Crippen LogP contribution >= 0.6 is 0 Å². The molecule has 0 bridgehead atoms. The van der Waals surface area contributed by atoms with Gasteiger partial charge in [-0.1, -0.05) is 0 Å². The van der Waals surface area contributed by atoms with Crippen molar-refractivity contribution in [2.24, 2.45) is 5.73 Å². The maximum atomic E-state index is 5.89. The van der Waals surface area contributed by atoms with E-state index in [0.717, 1.165) is 18.7 Å². The summed E-state index contributed by atoms with van der Waals surface area (Å²) in [5, 5.41) is 13.4. The number of tetrazole rings is 1. The van der Waals surface area contributed by atoms with Gasteiger partial charge in [0, 0.05) is 0 Å². The average molecular weight is 139 g/mol. The molecule has 0 spiro atoms. The number of rotatable bonds is 1. The number of H-pyrrole nitrogens is 1. The highest BCUT2D eigenvalue weighted by Crippen LogP contribution is 2.35. The van der Waals surface area contributed by atoms with Crippen LogP contribution in [0.15, 0.2) is 0 Å². The topological polar surface area (TPSA) is 80.5 Å². The number of nitrogens with one attached hydrogen (secondary N) is 1. The predicted octanol–water partition coefficient (Wildman–Crippen LogP) is -0.462. The van der Waals surface area contributed by atoms with Crippen molar-refractivity contribution >= 4 is 0 Å². The van der Waals surface area contributed by atoms with Crippen LogP contribution in [-0.2, 0) is 5.54 Å². The molecule has 1 aromatic heterocycles. The van der Waals surface area contributed by atoms with Crippen LogP contribution < -0.4 is 5.73 Å². The molecule has 0 radical (unpaired) electrons. The Bertz CT molecular complexity index is 212. The molecule has 5 heteroatoms. The van der Waals surface area contributed by atoms with E-state index in [4.69, 9.17) is 5.73 Å². The summed E-state index contributed by atoms with van der Waals surface area (Å²) in [6.45, 7) is 0. The summed E-state index contributed by atoms with van der Waals surface area (Å²) in [5.74, 6) is 0.721. The Labute approximate surface area is 58.0 Å². The summed E-state index contributed by atoms with van der Waals surface area (Å²) in [6, 6.07) is 0. The van der Waals surface area contributed by atoms with Crippen molar-refractivity contribution < 1.29 is 0 Å². The smallest absolute Gasteiger partial charge is 0.168 e. The molecule has 0 saturated heterocycles. The van der Waals surface area contributed by atoms with E-state index in [1.54, 1.807) is 0 Å². The molecule has 0 aliphatic heterocycles. The molecule has 0 amide bonds. The lowest BCUT2D eigenvalue weighted by Crippen LogP contribution is -2.44. The number of hydrogen-bond acceptors (Lipinski definition) is 4. The van der Waals surface area contributed by atoms with E-state index >= 15 is 0 Å². The van der Waals surface area contributed by atoms with E-state index < -0.39 is 0 Å². The van der Waals surface area contributed by atoms with Gasteiger partial charge in [-0.3, -0.25) is 0 Å². The van der Waals surface area contributed by atoms with Crippen molar-refractivity contribution in [3.05, 3.63) is 5.82 Å². The van der Waals surface area contributed by atoms with Gasteiger partial charge in [0.05, 0.1) is 5.54 Å². The van der Waals surface area contributed by atoms with Gasteiger partial charge in [-0.05, 0) is 29.7 Å². The molecule has 3 N–H and O–H groups in total. The molecule has 5 nitrogen and oxygen atoms in total. The highest BCUT2D eigenvalue weighted by atomic mass is 15.5. The molecule has 1 heterocycles. The third kappa shape index (κ3) is 0.637. The summed E-state index contributed by atoms with van der Waals surface area (Å²) in [5.41, 5.74) is 5.65. The van der Waals surface area contributed by atoms with Crippen molar-refractivity contribution in [3.63, 3.8) is 0 Å². The van der Waals surface area contributed by atoms with Crippen molar-refractivity contribution in [3.8, 4) is 0 Å². The molecule has 54 valence electrons. The van der Waals surface area contributed by atoms with Crippen LogP contribution in [0.2, 0.25) is 0 Å². The van der Waals surface area contributed by atoms with Gasteiger partial charge < -0.3 is 5.73 Å². The Morgan fingerprint density at radius 1 is 1.50 bits per heavy atom. The predicted molar refractivity (Wildman–Crippen MR) is 33.9 cm³/mol. The minimum atomic E-state index is -0.247. The zero-order chi connectivity index (χ0) is 7.03. The Morgan fingerprint density at radius 3 is 2.70 bits per heavy atom. The quantitative estimate of drug-likeness (QED) is 0.551. The van der Waals surface area contributed by atoms with Crippen LogP contribution in [-0.4, -0.2) is 20.6 Å². The lowest BCUT2D eigenvalue weighted by Gasteiger charge is -2.34. The lowest BCUT2D eigenvalue weighted by atomic mass is 9.77. The first-order valence-corrected chi connectivity index (χ1v) is 3.34. The number of nitrogens with two attached hydrogens (primary N) is 1. The monoisotopic (exact) mass is 139 g/mol. The van der Waals surface area contributed by atoms with Gasteiger partial charge in [0.1, 0.15) is 0 Å². The van der Waals surface area contributed by atoms with Gasteiger partial charge in [-0.15, -0.1) is 5.10 Å². The fourth-order valence-corrected chi connectivity index (χ4v) is 1.16. The van der Waals surface area contributed by atoms with Crippen molar-refractivity contribution in [2.45, 2.75) is 24.8 Å². The zero-order valence-corrected chi connectivity index (χ0v) is 5.54. The number of hydrogen-bond donors (Lipinski definition) is 2. The third-order valence-corrected chi connectivity index (χ3v) is 2.06. The Morgan fingerprint density at radius 2 is 2.30 bits per heavy atom. The van der Waals surface area contributed by atoms with Crippen molar-refractivity contribution in [2.75, 3.05) is 0 Å². The lowest BCUT2D eigenvalue weighted by molar-refractivity contribution is 0.238. The number of aromatic nitrogens is 4. The maximum absolute atomic E-state index is 5.89. The minimum Gasteiger partial charge on any atom is -0.319 e. The van der Waals surface area contributed by atoms with E-state index in [9.17, 15) is 0 Å². The molecule has 1 aromatic rings. The van der Waals surface area contributed by atoms with Crippen molar-refractivity contribution in [1.82, 2.24) is 20.6 Å². The third-order valence-electron chi connectivity index (χ3n) is 2.06. The van der Waals surface area contributed by atoms with E-state index in [0.29, 0.717) is 0 Å². The molecule has 2 rings (SSSR count). The van der Waals surface area contributed by atoms with E-state index in [-0.39, 0.29) is 5.54 Å². The van der Waals surface area contributed by atoms with Crippen LogP contribution in [0.4, 0.5) is 0 Å². The fraction of sp³-hybridized carbons (Fsp3) is 0.800. The molecule has 1 fully saturated rings. The number of aromatic amines is 1. The van der Waals surface area contributed by atoms with Crippen LogP contribution in [0, 0.1) is 0 Å². The van der Waals surface area contributed by atoms with Gasteiger partial charge in [-0.25, -0.2) is 5.10 Å². The molecular weight excluding hydrogens is 130 g/mol. The molecule has 0 aromatic carbocycles. The Kier molecular flexibility index (Phi) is 1.02. The van der Waals surface area contributed by atoms with Gasteiger partial charge in [0.25, 0.3) is 0 Å². The van der Waals surface area contributed by atoms with Crippen LogP contribution in [0.1, 0.15) is 25.1 Å². The summed E-state index contributed by atoms with van der Waals surface area (Å²) in [7, 11) is 0. The first-order chi connectivity index (χ1) is 4.81. The second kappa shape index (κ2) is 1.76. The normalized spacial score (nSPS) is 22.1. The highest BCUT2D eigenvalue weighted by molar-refractivity contribution is 5.06. The molecular formula is C5H9N5. The Hall–Kier alpha value is -0.970. The van der Waals surface area contributed by atoms with Gasteiger partial charge in [0.2, 0.25) is 0 Å². The van der Waals surface area contributed by atoms with Crippen LogP contribution in [0.3, 0.4) is 0 Å². The Balaban J connectivity index is 2.27. The van der Waals surface area contributed by atoms with E-state index in [2.05, 4.69) is 20.6 Å². The van der Waals surface area contributed by atoms with Crippen LogP contribution in [0.5, 0.6) is 0 Å². The SMILES string of the molecule is NC1(c2nnn[nH]2)CCC1. The molecule has 10 heavy (non-hydrogen) atoms. The zero-order valence-electron chi connectivity index (χ0n) is 5.54. The van der Waals surface area contributed by atoms with E-state index in [1.165, 1.54) is 6.42 Å². The molecule has 1 aliphatic rings. The van der Waals surface area contributed by atoms with Gasteiger partial charge >= 0.3 is 0 Å². The van der Waals surface area contributed by atoms with Gasteiger partial charge in [-0.2, -0.15) is 0 Å². The molecule has 1 saturated carbocycles. The summed E-state index contributed by atoms with van der Waals surface area (Å²) >= 11 is 0. The summed E-state index contributed by atoms with van der Waals surface area (Å²) in [4.78, 5) is 0. The largest absolute Gasteiger partial charge is 0.319 e. The maximum Gasteiger partial charge on any atom is 0.168 e. The van der Waals surface area contributed by atoms with Gasteiger partial charge in [0.15, 0.2) is 5.82 Å². The van der Waals surface area contributed by atoms with E-state index in [1.807, 2.05) is 0 Å². The second-order valence-electron chi connectivity index (χ2n) is 2.76. The molecule has 1 aliphatic carbocycles. The minimum absolute atomic E-state index is 0.247.